The predicted octanol–water partition coefficient (Wildman–Crippen LogP) is 0.686. The van der Waals surface area contributed by atoms with E-state index in [4.69, 9.17) is 21.8 Å². The normalized spacial score (nSPS) is 11.3. The zero-order valence-corrected chi connectivity index (χ0v) is 8.34. The predicted molar refractivity (Wildman–Crippen MR) is 49.8 cm³/mol. The van der Waals surface area contributed by atoms with Crippen LogP contribution in [-0.2, 0) is 10.0 Å². The number of nitrogens with two attached hydrogens (primary N) is 1. The largest absolute Gasteiger partial charge is 0.478 e. The van der Waals surface area contributed by atoms with Crippen LogP contribution >= 0.6 is 11.6 Å². The summed E-state index contributed by atoms with van der Waals surface area (Å²) in [5.41, 5.74) is -0.503. The third-order valence-electron chi connectivity index (χ3n) is 1.50. The number of rotatable bonds is 2. The fourth-order valence-corrected chi connectivity index (χ4v) is 2.01. The lowest BCUT2D eigenvalue weighted by molar-refractivity contribution is 0.0693. The van der Waals surface area contributed by atoms with Crippen molar-refractivity contribution < 1.29 is 18.3 Å². The Morgan fingerprint density at radius 1 is 1.43 bits per heavy atom. The number of carboxylic acids is 1. The number of primary sulfonamides is 1. The van der Waals surface area contributed by atoms with E-state index in [0.29, 0.717) is 0 Å². The van der Waals surface area contributed by atoms with Crippen molar-refractivity contribution >= 4 is 27.6 Å². The minimum absolute atomic E-state index is 0.163. The molecule has 0 atom stereocenters. The van der Waals surface area contributed by atoms with Gasteiger partial charge in [-0.05, 0) is 12.1 Å². The number of aromatic carboxylic acids is 1. The van der Waals surface area contributed by atoms with E-state index in [1.165, 1.54) is 12.1 Å². The summed E-state index contributed by atoms with van der Waals surface area (Å²) in [4.78, 5) is 10.2. The van der Waals surface area contributed by atoms with Gasteiger partial charge in [0.15, 0.2) is 0 Å². The SMILES string of the molecule is NS(=O)(=O)c1cccc(Cl)c1C(=O)O. The molecule has 0 aliphatic rings. The Hall–Kier alpha value is -1.11. The maximum atomic E-state index is 11.0. The van der Waals surface area contributed by atoms with Crippen molar-refractivity contribution in [3.63, 3.8) is 0 Å². The van der Waals surface area contributed by atoms with Crippen molar-refractivity contribution in [3.05, 3.63) is 28.8 Å². The Morgan fingerprint density at radius 3 is 2.36 bits per heavy atom. The molecular formula is C7H6ClNO4S. The summed E-state index contributed by atoms with van der Waals surface area (Å²) in [5, 5.41) is 13.4. The molecule has 7 heteroatoms. The second kappa shape index (κ2) is 3.56. The minimum Gasteiger partial charge on any atom is -0.478 e. The van der Waals surface area contributed by atoms with Crippen molar-refractivity contribution in [2.75, 3.05) is 0 Å². The molecule has 0 amide bonds. The van der Waals surface area contributed by atoms with Gasteiger partial charge in [-0.15, -0.1) is 0 Å². The number of benzene rings is 1. The lowest BCUT2D eigenvalue weighted by Gasteiger charge is -2.04. The molecule has 0 heterocycles. The molecule has 76 valence electrons. The third kappa shape index (κ3) is 2.03. The van der Waals surface area contributed by atoms with Crippen LogP contribution in [0.3, 0.4) is 0 Å². The molecule has 14 heavy (non-hydrogen) atoms. The molecule has 1 aromatic rings. The Kier molecular flexibility index (Phi) is 2.79. The first-order valence-corrected chi connectivity index (χ1v) is 5.31. The molecule has 0 aliphatic carbocycles. The van der Waals surface area contributed by atoms with Gasteiger partial charge in [-0.1, -0.05) is 17.7 Å². The van der Waals surface area contributed by atoms with Crippen LogP contribution in [0.1, 0.15) is 10.4 Å². The van der Waals surface area contributed by atoms with Crippen LogP contribution in [0.5, 0.6) is 0 Å². The summed E-state index contributed by atoms with van der Waals surface area (Å²) in [6.07, 6.45) is 0. The fraction of sp³-hybridized carbons (Fsp3) is 0. The summed E-state index contributed by atoms with van der Waals surface area (Å²) in [6, 6.07) is 3.68. The Balaban J connectivity index is 3.61. The van der Waals surface area contributed by atoms with Gasteiger partial charge in [-0.3, -0.25) is 0 Å². The number of carboxylic acid groups (broad SMARTS) is 1. The van der Waals surface area contributed by atoms with Crippen molar-refractivity contribution in [1.29, 1.82) is 0 Å². The van der Waals surface area contributed by atoms with Crippen LogP contribution in [0, 0.1) is 0 Å². The van der Waals surface area contributed by atoms with Gasteiger partial charge < -0.3 is 5.11 Å². The number of hydrogen-bond acceptors (Lipinski definition) is 3. The van der Waals surface area contributed by atoms with E-state index in [1.807, 2.05) is 0 Å². The molecular weight excluding hydrogens is 230 g/mol. The number of halogens is 1. The Morgan fingerprint density at radius 2 is 2.00 bits per heavy atom. The van der Waals surface area contributed by atoms with Crippen LogP contribution in [0.15, 0.2) is 23.1 Å². The second-order valence-corrected chi connectivity index (χ2v) is 4.40. The molecule has 0 fully saturated rings. The van der Waals surface area contributed by atoms with Gasteiger partial charge in [-0.25, -0.2) is 18.4 Å². The van der Waals surface area contributed by atoms with Crippen molar-refractivity contribution in [1.82, 2.24) is 0 Å². The highest BCUT2D eigenvalue weighted by Crippen LogP contribution is 2.22. The highest BCUT2D eigenvalue weighted by atomic mass is 35.5. The fourth-order valence-electron chi connectivity index (χ4n) is 0.949. The molecule has 0 saturated heterocycles. The van der Waals surface area contributed by atoms with E-state index in [2.05, 4.69) is 0 Å². The summed E-state index contributed by atoms with van der Waals surface area (Å²) in [5.74, 6) is -1.43. The van der Waals surface area contributed by atoms with Crippen LogP contribution in [0.2, 0.25) is 5.02 Å². The highest BCUT2D eigenvalue weighted by molar-refractivity contribution is 7.89. The smallest absolute Gasteiger partial charge is 0.338 e. The van der Waals surface area contributed by atoms with Gasteiger partial charge in [0.2, 0.25) is 10.0 Å². The van der Waals surface area contributed by atoms with E-state index in [1.54, 1.807) is 0 Å². The van der Waals surface area contributed by atoms with E-state index in [9.17, 15) is 13.2 Å². The average Bonchev–Trinajstić information content (AvgIpc) is 2.01. The van der Waals surface area contributed by atoms with Crippen molar-refractivity contribution in [3.8, 4) is 0 Å². The van der Waals surface area contributed by atoms with Gasteiger partial charge >= 0.3 is 5.97 Å². The van der Waals surface area contributed by atoms with Crippen LogP contribution < -0.4 is 5.14 Å². The van der Waals surface area contributed by atoms with Crippen molar-refractivity contribution in [2.45, 2.75) is 4.90 Å². The zero-order valence-electron chi connectivity index (χ0n) is 6.77. The highest BCUT2D eigenvalue weighted by Gasteiger charge is 2.21. The first-order chi connectivity index (χ1) is 6.34. The monoisotopic (exact) mass is 235 g/mol. The second-order valence-electron chi connectivity index (χ2n) is 2.46. The maximum absolute atomic E-state index is 11.0. The summed E-state index contributed by atoms with van der Waals surface area (Å²) >= 11 is 5.53. The zero-order chi connectivity index (χ0) is 10.9. The minimum atomic E-state index is -4.07. The topological polar surface area (TPSA) is 97.5 Å². The van der Waals surface area contributed by atoms with Gasteiger partial charge in [0, 0.05) is 0 Å². The lowest BCUT2D eigenvalue weighted by atomic mass is 10.2. The van der Waals surface area contributed by atoms with Gasteiger partial charge in [0.05, 0.1) is 15.5 Å². The van der Waals surface area contributed by atoms with Gasteiger partial charge in [0.25, 0.3) is 0 Å². The molecule has 3 N–H and O–H groups in total. The molecule has 0 radical (unpaired) electrons. The van der Waals surface area contributed by atoms with Crippen LogP contribution in [0.4, 0.5) is 0 Å². The quantitative estimate of drug-likeness (QED) is 0.788. The van der Waals surface area contributed by atoms with E-state index >= 15 is 0 Å². The molecule has 0 bridgehead atoms. The Labute approximate surface area is 85.2 Å². The molecule has 0 unspecified atom stereocenters. The first-order valence-electron chi connectivity index (χ1n) is 3.38. The maximum Gasteiger partial charge on any atom is 0.338 e. The van der Waals surface area contributed by atoms with Gasteiger partial charge in [-0.2, -0.15) is 0 Å². The number of carbonyl (C=O) groups is 1. The first kappa shape index (κ1) is 11.0. The summed E-state index contributed by atoms with van der Waals surface area (Å²) in [6.45, 7) is 0. The van der Waals surface area contributed by atoms with E-state index < -0.39 is 26.5 Å². The molecule has 0 aromatic heterocycles. The molecule has 1 aromatic carbocycles. The van der Waals surface area contributed by atoms with Crippen LogP contribution in [-0.4, -0.2) is 19.5 Å². The average molecular weight is 236 g/mol. The number of hydrogen-bond donors (Lipinski definition) is 2. The summed E-state index contributed by atoms with van der Waals surface area (Å²) in [7, 11) is -4.07. The van der Waals surface area contributed by atoms with Crippen LogP contribution in [0.25, 0.3) is 0 Å². The van der Waals surface area contributed by atoms with E-state index in [-0.39, 0.29) is 5.02 Å². The molecule has 1 rings (SSSR count). The Bertz CT molecular complexity index is 482. The third-order valence-corrected chi connectivity index (χ3v) is 2.76. The van der Waals surface area contributed by atoms with E-state index in [0.717, 1.165) is 6.07 Å². The van der Waals surface area contributed by atoms with Crippen molar-refractivity contribution in [2.24, 2.45) is 5.14 Å². The summed E-state index contributed by atoms with van der Waals surface area (Å²) < 4.78 is 21.9. The van der Waals surface area contributed by atoms with Gasteiger partial charge in [0.1, 0.15) is 0 Å². The molecule has 0 aliphatic heterocycles. The lowest BCUT2D eigenvalue weighted by Crippen LogP contribution is -2.16. The number of sulfonamides is 1. The standard InChI is InChI=1S/C7H6ClNO4S/c8-4-2-1-3-5(14(9,12)13)6(4)7(10)11/h1-3H,(H,10,11)(H2,9,12,13). The molecule has 0 saturated carbocycles. The molecule has 5 nitrogen and oxygen atoms in total. The molecule has 0 spiro atoms.